The smallest absolute Gasteiger partial charge is 0.255 e. The van der Waals surface area contributed by atoms with Crippen molar-refractivity contribution in [2.24, 2.45) is 5.92 Å². The first-order valence-electron chi connectivity index (χ1n) is 9.28. The number of imide groups is 1. The highest BCUT2D eigenvalue weighted by atomic mass is 16.2. The van der Waals surface area contributed by atoms with Crippen LogP contribution in [0.1, 0.15) is 40.7 Å². The molecule has 4 aliphatic rings. The third-order valence-electron chi connectivity index (χ3n) is 6.30. The maximum Gasteiger partial charge on any atom is 0.255 e. The van der Waals surface area contributed by atoms with Crippen molar-refractivity contribution in [3.8, 4) is 0 Å². The van der Waals surface area contributed by atoms with E-state index in [-0.39, 0.29) is 29.7 Å². The molecule has 1 aromatic carbocycles. The van der Waals surface area contributed by atoms with E-state index in [9.17, 15) is 14.4 Å². The minimum Gasteiger partial charge on any atom is -0.322 e. The summed E-state index contributed by atoms with van der Waals surface area (Å²) in [6.07, 6.45) is 1.92. The van der Waals surface area contributed by atoms with Crippen LogP contribution in [-0.4, -0.2) is 47.3 Å². The minimum absolute atomic E-state index is 0.116. The van der Waals surface area contributed by atoms with Gasteiger partial charge in [0.2, 0.25) is 11.8 Å². The number of carbonyl (C=O) groups is 3. The Hall–Kier alpha value is -2.25. The van der Waals surface area contributed by atoms with E-state index in [0.717, 1.165) is 36.7 Å². The molecular weight excluding hydrogens is 332 g/mol. The first-order chi connectivity index (χ1) is 12.6. The molecule has 3 N–H and O–H groups in total. The molecule has 1 aromatic rings. The summed E-state index contributed by atoms with van der Waals surface area (Å²) in [4.78, 5) is 37.7. The molecular formula is C19H22N4O3. The van der Waals surface area contributed by atoms with E-state index in [1.165, 1.54) is 6.42 Å². The fraction of sp³-hybridized carbons (Fsp3) is 0.526. The van der Waals surface area contributed by atoms with Crippen LogP contribution in [0.3, 0.4) is 0 Å². The Morgan fingerprint density at radius 2 is 2.15 bits per heavy atom. The molecule has 1 unspecified atom stereocenters. The van der Waals surface area contributed by atoms with E-state index in [1.54, 1.807) is 4.90 Å². The van der Waals surface area contributed by atoms with E-state index in [2.05, 4.69) is 22.0 Å². The molecule has 136 valence electrons. The van der Waals surface area contributed by atoms with Gasteiger partial charge in [0, 0.05) is 37.2 Å². The number of hydrogen-bond donors (Lipinski definition) is 3. The van der Waals surface area contributed by atoms with E-state index in [4.69, 9.17) is 0 Å². The molecule has 1 saturated carbocycles. The topological polar surface area (TPSA) is 90.5 Å². The van der Waals surface area contributed by atoms with Crippen LogP contribution in [0.15, 0.2) is 18.2 Å². The SMILES string of the molecule is O=C1CCC(N2Cc3cc(CN[C@@]45CNC[C@@H]4C5)ccc3C2=O)C(=O)N1. The van der Waals surface area contributed by atoms with Crippen LogP contribution < -0.4 is 16.0 Å². The zero-order valence-corrected chi connectivity index (χ0v) is 14.5. The van der Waals surface area contributed by atoms with Gasteiger partial charge >= 0.3 is 0 Å². The van der Waals surface area contributed by atoms with E-state index < -0.39 is 6.04 Å². The first-order valence-corrected chi connectivity index (χ1v) is 9.28. The lowest BCUT2D eigenvalue weighted by molar-refractivity contribution is -0.136. The lowest BCUT2D eigenvalue weighted by atomic mass is 10.0. The van der Waals surface area contributed by atoms with Crippen molar-refractivity contribution in [2.75, 3.05) is 13.1 Å². The second-order valence-corrected chi connectivity index (χ2v) is 7.93. The number of amides is 3. The molecule has 1 aliphatic carbocycles. The summed E-state index contributed by atoms with van der Waals surface area (Å²) in [5.74, 6) is 0.0104. The van der Waals surface area contributed by atoms with Crippen LogP contribution >= 0.6 is 0 Å². The van der Waals surface area contributed by atoms with Crippen molar-refractivity contribution in [3.05, 3.63) is 34.9 Å². The minimum atomic E-state index is -0.551. The largest absolute Gasteiger partial charge is 0.322 e. The molecule has 7 nitrogen and oxygen atoms in total. The number of carbonyl (C=O) groups excluding carboxylic acids is 3. The highest BCUT2D eigenvalue weighted by Crippen LogP contribution is 2.46. The molecule has 0 spiro atoms. The fourth-order valence-corrected chi connectivity index (χ4v) is 4.63. The predicted octanol–water partition coefficient (Wildman–Crippen LogP) is -0.101. The number of piperidine rings is 2. The summed E-state index contributed by atoms with van der Waals surface area (Å²) in [6.45, 7) is 3.36. The highest BCUT2D eigenvalue weighted by Gasteiger charge is 2.56. The van der Waals surface area contributed by atoms with E-state index in [1.807, 2.05) is 12.1 Å². The monoisotopic (exact) mass is 354 g/mol. The quantitative estimate of drug-likeness (QED) is 0.657. The molecule has 2 saturated heterocycles. The van der Waals surface area contributed by atoms with Crippen molar-refractivity contribution in [1.29, 1.82) is 0 Å². The molecule has 3 heterocycles. The summed E-state index contributed by atoms with van der Waals surface area (Å²) in [5, 5.41) is 9.43. The maximum absolute atomic E-state index is 12.7. The fourth-order valence-electron chi connectivity index (χ4n) is 4.63. The molecule has 5 rings (SSSR count). The van der Waals surface area contributed by atoms with Gasteiger partial charge in [-0.05, 0) is 42.5 Å². The van der Waals surface area contributed by atoms with Crippen molar-refractivity contribution < 1.29 is 14.4 Å². The molecule has 3 atom stereocenters. The average Bonchev–Trinajstić information content (AvgIpc) is 3.00. The number of fused-ring (bicyclic) bond motifs is 2. The summed E-state index contributed by atoms with van der Waals surface area (Å²) in [7, 11) is 0. The Kier molecular flexibility index (Phi) is 3.45. The molecule has 26 heavy (non-hydrogen) atoms. The molecule has 7 heteroatoms. The van der Waals surface area contributed by atoms with Crippen LogP contribution in [0.25, 0.3) is 0 Å². The second-order valence-electron chi connectivity index (χ2n) is 7.93. The summed E-state index contributed by atoms with van der Waals surface area (Å²) >= 11 is 0. The summed E-state index contributed by atoms with van der Waals surface area (Å²) < 4.78 is 0. The molecule has 3 aliphatic heterocycles. The summed E-state index contributed by atoms with van der Waals surface area (Å²) in [5.41, 5.74) is 3.07. The Morgan fingerprint density at radius 1 is 1.27 bits per heavy atom. The predicted molar refractivity (Wildman–Crippen MR) is 93.0 cm³/mol. The van der Waals surface area contributed by atoms with Crippen molar-refractivity contribution in [2.45, 2.75) is 43.9 Å². The number of rotatable bonds is 4. The molecule has 3 fully saturated rings. The highest BCUT2D eigenvalue weighted by molar-refractivity contribution is 6.05. The number of benzene rings is 1. The van der Waals surface area contributed by atoms with Gasteiger partial charge in [0.05, 0.1) is 0 Å². The molecule has 0 radical (unpaired) electrons. The second kappa shape index (κ2) is 5.62. The van der Waals surface area contributed by atoms with Gasteiger partial charge in [0.15, 0.2) is 0 Å². The number of hydrogen-bond acceptors (Lipinski definition) is 5. The van der Waals surface area contributed by atoms with Crippen LogP contribution in [0.4, 0.5) is 0 Å². The van der Waals surface area contributed by atoms with Crippen LogP contribution in [0, 0.1) is 5.92 Å². The van der Waals surface area contributed by atoms with Gasteiger partial charge in [-0.2, -0.15) is 0 Å². The first kappa shape index (κ1) is 16.0. The van der Waals surface area contributed by atoms with Gasteiger partial charge in [-0.25, -0.2) is 0 Å². The average molecular weight is 354 g/mol. The lowest BCUT2D eigenvalue weighted by Gasteiger charge is -2.29. The van der Waals surface area contributed by atoms with Crippen LogP contribution in [-0.2, 0) is 22.7 Å². The number of nitrogens with one attached hydrogen (secondary N) is 3. The van der Waals surface area contributed by atoms with Gasteiger partial charge in [-0.1, -0.05) is 12.1 Å². The normalized spacial score (nSPS) is 32.5. The van der Waals surface area contributed by atoms with E-state index in [0.29, 0.717) is 18.5 Å². The standard InChI is InChI=1S/C19H22N4O3/c24-16-4-3-15(17(25)22-16)23-9-12-5-11(1-2-14(12)18(23)26)7-21-19-6-13(19)8-20-10-19/h1-2,5,13,15,20-21H,3-4,6-10H2,(H,22,24,25)/t13-,15?,19-/m0/s1. The number of nitrogens with zero attached hydrogens (tertiary/aromatic N) is 1. The Balaban J connectivity index is 1.29. The van der Waals surface area contributed by atoms with Gasteiger partial charge in [0.25, 0.3) is 5.91 Å². The molecule has 0 aromatic heterocycles. The van der Waals surface area contributed by atoms with Crippen LogP contribution in [0.2, 0.25) is 0 Å². The Morgan fingerprint density at radius 3 is 2.88 bits per heavy atom. The Bertz CT molecular complexity index is 823. The lowest BCUT2D eigenvalue weighted by Crippen LogP contribution is -2.52. The van der Waals surface area contributed by atoms with Gasteiger partial charge < -0.3 is 15.5 Å². The van der Waals surface area contributed by atoms with E-state index >= 15 is 0 Å². The van der Waals surface area contributed by atoms with Gasteiger partial charge in [-0.3, -0.25) is 19.7 Å². The van der Waals surface area contributed by atoms with Crippen molar-refractivity contribution >= 4 is 17.7 Å². The third kappa shape index (κ3) is 2.46. The van der Waals surface area contributed by atoms with Crippen molar-refractivity contribution in [3.63, 3.8) is 0 Å². The zero-order chi connectivity index (χ0) is 17.9. The third-order valence-corrected chi connectivity index (χ3v) is 6.30. The molecule has 3 amide bonds. The zero-order valence-electron chi connectivity index (χ0n) is 14.5. The molecule has 0 bridgehead atoms. The maximum atomic E-state index is 12.7. The van der Waals surface area contributed by atoms with Gasteiger partial charge in [0.1, 0.15) is 6.04 Å². The van der Waals surface area contributed by atoms with Gasteiger partial charge in [-0.15, -0.1) is 0 Å². The van der Waals surface area contributed by atoms with Crippen LogP contribution in [0.5, 0.6) is 0 Å². The van der Waals surface area contributed by atoms with Crippen molar-refractivity contribution in [1.82, 2.24) is 20.9 Å². The summed E-state index contributed by atoms with van der Waals surface area (Å²) in [6, 6.07) is 5.39. The Labute approximate surface area is 151 Å².